The number of fused-ring (bicyclic) bond motifs is 13. The Morgan fingerprint density at radius 3 is 1.38 bits per heavy atom. The van der Waals surface area contributed by atoms with Gasteiger partial charge in [-0.05, 0) is 153 Å². The number of nitrogens with zero attached hydrogens (tertiary/aromatic N) is 6. The Balaban J connectivity index is 0.902. The number of hydrogen-bond acceptors (Lipinski definition) is 13. The lowest BCUT2D eigenvalue weighted by Crippen LogP contribution is -2.30. The number of ketones is 1. The molecule has 8 aromatic carbocycles. The summed E-state index contributed by atoms with van der Waals surface area (Å²) in [5.41, 5.74) is 21.6. The first-order valence-electron chi connectivity index (χ1n) is 28.0. The minimum absolute atomic E-state index is 0.103. The molecule has 406 valence electrons. The van der Waals surface area contributed by atoms with Crippen molar-refractivity contribution in [3.63, 3.8) is 0 Å². The number of hydrogen-bond donors (Lipinski definition) is 0. The van der Waals surface area contributed by atoms with Crippen molar-refractivity contribution in [1.29, 1.82) is 10.5 Å². The quantitative estimate of drug-likeness (QED) is 0.115. The highest BCUT2D eigenvalue weighted by atomic mass is 32.1. The van der Waals surface area contributed by atoms with Gasteiger partial charge in [0.25, 0.3) is 0 Å². The Labute approximate surface area is 518 Å². The molecule has 0 spiro atoms. The lowest BCUT2D eigenvalue weighted by Gasteiger charge is -2.36. The Kier molecular flexibility index (Phi) is 11.3. The largest absolute Gasteiger partial charge is 0.289 e. The summed E-state index contributed by atoms with van der Waals surface area (Å²) >= 11 is 9.76. The van der Waals surface area contributed by atoms with E-state index in [4.69, 9.17) is 15.0 Å². The Morgan fingerprint density at radius 1 is 0.465 bits per heavy atom. The van der Waals surface area contributed by atoms with Gasteiger partial charge in [-0.1, -0.05) is 190 Å². The zero-order chi connectivity index (χ0) is 57.9. The van der Waals surface area contributed by atoms with Crippen LogP contribution in [0.5, 0.6) is 0 Å². The number of nitriles is 2. The number of benzene rings is 8. The van der Waals surface area contributed by atoms with Crippen molar-refractivity contribution in [3.8, 4) is 54.2 Å². The van der Waals surface area contributed by atoms with Crippen LogP contribution < -0.4 is 0 Å². The van der Waals surface area contributed by atoms with Crippen LogP contribution in [0.2, 0.25) is 0 Å². The molecule has 0 bridgehead atoms. The molecule has 0 radical (unpaired) electrons. The molecule has 0 unspecified atom stereocenters. The van der Waals surface area contributed by atoms with Gasteiger partial charge in [0.2, 0.25) is 0 Å². The lowest BCUT2D eigenvalue weighted by molar-refractivity contribution is 0.104. The predicted octanol–water partition coefficient (Wildman–Crippen LogP) is 19.6. The number of aryl methyl sites for hydroxylation is 4. The van der Waals surface area contributed by atoms with Gasteiger partial charge < -0.3 is 0 Å². The van der Waals surface area contributed by atoms with Crippen LogP contribution in [-0.4, -0.2) is 25.7 Å². The van der Waals surface area contributed by atoms with Gasteiger partial charge >= 0.3 is 0 Å². The van der Waals surface area contributed by atoms with Gasteiger partial charge in [-0.3, -0.25) is 4.79 Å². The van der Waals surface area contributed by atoms with Crippen molar-refractivity contribution in [2.75, 3.05) is 0 Å². The molecular formula is C73H42N6OS6. The molecule has 0 atom stereocenters. The van der Waals surface area contributed by atoms with Gasteiger partial charge in [-0.15, -0.1) is 34.0 Å². The highest BCUT2D eigenvalue weighted by molar-refractivity contribution is 7.31. The SMILES string of the molecule is Cc1ccc(C2(c3ccc(C)cc3)c3cc4c(cc3-c3ccc5sc(-c6nc7scnc7s6)cc5c32)C(c2ccc(C)cc2)(c2ccc(C)cc2)c2c-4ccc3sc(-c4nc5sc(/C=C6\C(=O)c7ccccc7C6=C(C#N)C#N)nc5s4)cc23)cc1. The molecule has 6 aromatic heterocycles. The maximum absolute atomic E-state index is 13.8. The molecule has 0 saturated carbocycles. The summed E-state index contributed by atoms with van der Waals surface area (Å²) in [6.45, 7) is 8.69. The standard InChI is InChI=1S/C73H42N6OS6/c1-37-9-17-42(18-10-37)72(43-19-11-38(2)12-20-43)55-30-51-48-26-28-58-53(32-60(83-58)67-79-71-70(86-67)77-61(84-71)33-54-62(41(34-74)35-75)46-7-5-6-8-49(46)65(54)80)64(48)73(44-21-13-39(3)14-22-44,45-23-15-40(4)16-24-45)56(51)29-50(55)47-25-27-57-52(63(47)72)31-59(82-57)66-78-69-68(85-66)76-36-81-69/h5-33,36H,1-4H3/b54-33-. The van der Waals surface area contributed by atoms with Gasteiger partial charge in [0.05, 0.1) is 26.1 Å². The van der Waals surface area contributed by atoms with Gasteiger partial charge in [-0.2, -0.15) is 10.5 Å². The molecule has 13 heteroatoms. The first-order valence-corrected chi connectivity index (χ1v) is 33.0. The maximum atomic E-state index is 13.8. The fourth-order valence-electron chi connectivity index (χ4n) is 13.9. The van der Waals surface area contributed by atoms with E-state index >= 15 is 0 Å². The van der Waals surface area contributed by atoms with Gasteiger partial charge in [0, 0.05) is 26.1 Å². The Hall–Kier alpha value is -9.15. The minimum Gasteiger partial charge on any atom is -0.289 e. The minimum atomic E-state index is -0.752. The van der Waals surface area contributed by atoms with E-state index in [1.807, 2.05) is 35.1 Å². The van der Waals surface area contributed by atoms with Gasteiger partial charge in [0.1, 0.15) is 32.7 Å². The van der Waals surface area contributed by atoms with E-state index in [0.29, 0.717) is 27.3 Å². The molecule has 0 amide bonds. The molecule has 0 fully saturated rings. The summed E-state index contributed by atoms with van der Waals surface area (Å²) in [6, 6.07) is 67.6. The molecule has 3 aliphatic carbocycles. The average Bonchev–Trinajstić information content (AvgIpc) is 1.50. The number of rotatable bonds is 7. The van der Waals surface area contributed by atoms with Crippen LogP contribution in [0.4, 0.5) is 0 Å². The van der Waals surface area contributed by atoms with E-state index in [1.54, 1.807) is 58.3 Å². The first-order chi connectivity index (χ1) is 42.0. The topological polar surface area (TPSA) is 116 Å². The van der Waals surface area contributed by atoms with Crippen molar-refractivity contribution < 1.29 is 4.79 Å². The Bertz CT molecular complexity index is 5270. The molecule has 0 saturated heterocycles. The van der Waals surface area contributed by atoms with E-state index in [1.165, 1.54) is 127 Å². The maximum Gasteiger partial charge on any atom is 0.194 e. The van der Waals surface area contributed by atoms with E-state index in [-0.39, 0.29) is 11.4 Å². The second-order valence-corrected chi connectivity index (χ2v) is 28.5. The molecule has 6 heterocycles. The number of carbonyl (C=O) groups excluding carboxylic acids is 1. The molecule has 14 aromatic rings. The molecular weight excluding hydrogens is 1170 g/mol. The molecule has 86 heavy (non-hydrogen) atoms. The fourth-order valence-corrected chi connectivity index (χ4v) is 19.8. The van der Waals surface area contributed by atoms with Gasteiger partial charge in [0.15, 0.2) is 25.1 Å². The Morgan fingerprint density at radius 2 is 0.919 bits per heavy atom. The first kappa shape index (κ1) is 51.3. The summed E-state index contributed by atoms with van der Waals surface area (Å²) in [5.74, 6) is -0.233. The number of thiophene rings is 2. The molecule has 17 rings (SSSR count). The van der Waals surface area contributed by atoms with Crippen LogP contribution in [0.3, 0.4) is 0 Å². The smallest absolute Gasteiger partial charge is 0.194 e. The monoisotopic (exact) mass is 1210 g/mol. The second kappa shape index (κ2) is 18.9. The normalized spacial score (nSPS) is 14.7. The van der Waals surface area contributed by atoms with Gasteiger partial charge in [-0.25, -0.2) is 19.9 Å². The molecule has 0 aliphatic heterocycles. The van der Waals surface area contributed by atoms with Crippen LogP contribution in [0.1, 0.15) is 87.7 Å². The van der Waals surface area contributed by atoms with E-state index in [9.17, 15) is 15.3 Å². The average molecular weight is 1210 g/mol. The summed E-state index contributed by atoms with van der Waals surface area (Å²) in [6.07, 6.45) is 1.71. The van der Waals surface area contributed by atoms with Crippen LogP contribution >= 0.6 is 68.0 Å². The number of allylic oxidation sites excluding steroid dienone is 3. The zero-order valence-electron chi connectivity index (χ0n) is 46.4. The number of thiazole rings is 4. The second-order valence-electron chi connectivity index (χ2n) is 22.5. The van der Waals surface area contributed by atoms with Crippen LogP contribution in [0.25, 0.3) is 93.2 Å². The number of aromatic nitrogens is 4. The van der Waals surface area contributed by atoms with Crippen molar-refractivity contribution in [3.05, 3.63) is 269 Å². The highest BCUT2D eigenvalue weighted by Crippen LogP contribution is 2.65. The zero-order valence-corrected chi connectivity index (χ0v) is 51.3. The highest BCUT2D eigenvalue weighted by Gasteiger charge is 2.53. The number of Topliss-reactive ketones (excluding diaryl/α,β-unsaturated/α-hetero) is 1. The lowest BCUT2D eigenvalue weighted by atomic mass is 9.65. The van der Waals surface area contributed by atoms with Crippen molar-refractivity contribution in [1.82, 2.24) is 19.9 Å². The van der Waals surface area contributed by atoms with E-state index < -0.39 is 10.8 Å². The predicted molar refractivity (Wildman–Crippen MR) is 356 cm³/mol. The molecule has 7 nitrogen and oxygen atoms in total. The van der Waals surface area contributed by atoms with Crippen molar-refractivity contribution in [2.45, 2.75) is 38.5 Å². The summed E-state index contributed by atoms with van der Waals surface area (Å²) in [4.78, 5) is 39.6. The van der Waals surface area contributed by atoms with Crippen LogP contribution in [0.15, 0.2) is 187 Å². The van der Waals surface area contributed by atoms with E-state index in [0.717, 1.165) is 43.8 Å². The van der Waals surface area contributed by atoms with E-state index in [2.05, 4.69) is 178 Å². The third-order valence-electron chi connectivity index (χ3n) is 17.7. The third kappa shape index (κ3) is 7.22. The number of carbonyl (C=O) groups is 1. The van der Waals surface area contributed by atoms with Crippen LogP contribution in [0, 0.1) is 50.4 Å². The molecule has 3 aliphatic rings. The van der Waals surface area contributed by atoms with Crippen molar-refractivity contribution in [2.24, 2.45) is 0 Å². The van der Waals surface area contributed by atoms with Crippen molar-refractivity contribution >= 4 is 125 Å². The summed E-state index contributed by atoms with van der Waals surface area (Å²) in [5, 5.41) is 24.8. The van der Waals surface area contributed by atoms with Crippen LogP contribution in [-0.2, 0) is 10.8 Å². The third-order valence-corrected chi connectivity index (χ3v) is 24.0. The fraction of sp³-hybridized carbons (Fsp3) is 0.0822. The summed E-state index contributed by atoms with van der Waals surface area (Å²) < 4.78 is 2.39. The summed E-state index contributed by atoms with van der Waals surface area (Å²) in [7, 11) is 0. The molecule has 0 N–H and O–H groups in total.